The van der Waals surface area contributed by atoms with Crippen molar-refractivity contribution in [3.05, 3.63) is 6.42 Å². The standard InChI is InChI=1S/C12H23O.Y/c1-6-12-7-8(2)9(3)10(4)11(5)13-12;/h7-12H,6H2,1-5H3;/q-1;/t8?,9?,10?,11?,12-;/m1./s1. The average Bonchev–Trinajstić information content (AvgIpc) is 2.20. The van der Waals surface area contributed by atoms with Crippen LogP contribution < -0.4 is 0 Å². The van der Waals surface area contributed by atoms with Gasteiger partial charge in [0.05, 0.1) is 6.10 Å². The fraction of sp³-hybridized carbons (Fsp3) is 0.917. The molecule has 4 unspecified atom stereocenters. The third kappa shape index (κ3) is 3.57. The molecule has 0 aliphatic carbocycles. The van der Waals surface area contributed by atoms with Gasteiger partial charge in [0.1, 0.15) is 0 Å². The van der Waals surface area contributed by atoms with Crippen molar-refractivity contribution in [3.63, 3.8) is 0 Å². The van der Waals surface area contributed by atoms with E-state index in [1.165, 1.54) is 0 Å². The summed E-state index contributed by atoms with van der Waals surface area (Å²) in [7, 11) is 0. The second-order valence-corrected chi connectivity index (χ2v) is 4.56. The summed E-state index contributed by atoms with van der Waals surface area (Å²) in [6.07, 6.45) is 4.26. The Morgan fingerprint density at radius 1 is 1.07 bits per heavy atom. The van der Waals surface area contributed by atoms with Gasteiger partial charge in [0.2, 0.25) is 0 Å². The SMILES string of the molecule is CC[C@@H]1[CH-]C(C)C(C)C(C)C(C)O1.[Y]. The molecule has 5 atom stereocenters. The van der Waals surface area contributed by atoms with Gasteiger partial charge in [-0.15, -0.1) is 0 Å². The van der Waals surface area contributed by atoms with Crippen molar-refractivity contribution in [1.82, 2.24) is 0 Å². The predicted molar refractivity (Wildman–Crippen MR) is 56.4 cm³/mol. The van der Waals surface area contributed by atoms with E-state index >= 15 is 0 Å². The van der Waals surface area contributed by atoms with Crippen molar-refractivity contribution in [2.75, 3.05) is 0 Å². The summed E-state index contributed by atoms with van der Waals surface area (Å²) in [5, 5.41) is 0. The summed E-state index contributed by atoms with van der Waals surface area (Å²) >= 11 is 0. The monoisotopic (exact) mass is 272 g/mol. The molecule has 14 heavy (non-hydrogen) atoms. The third-order valence-electron chi connectivity index (χ3n) is 3.71. The van der Waals surface area contributed by atoms with Crippen molar-refractivity contribution in [2.24, 2.45) is 17.8 Å². The Balaban J connectivity index is 0.00000169. The van der Waals surface area contributed by atoms with Crippen LogP contribution in [0.3, 0.4) is 0 Å². The third-order valence-corrected chi connectivity index (χ3v) is 3.71. The predicted octanol–water partition coefficient (Wildman–Crippen LogP) is 3.29. The van der Waals surface area contributed by atoms with E-state index < -0.39 is 0 Å². The van der Waals surface area contributed by atoms with Gasteiger partial charge in [-0.3, -0.25) is 6.42 Å². The Hall–Kier alpha value is 1.06. The fourth-order valence-corrected chi connectivity index (χ4v) is 2.10. The van der Waals surface area contributed by atoms with Gasteiger partial charge >= 0.3 is 0 Å². The van der Waals surface area contributed by atoms with Gasteiger partial charge in [-0.2, -0.15) is 5.92 Å². The molecule has 1 aliphatic heterocycles. The zero-order valence-corrected chi connectivity index (χ0v) is 13.0. The summed E-state index contributed by atoms with van der Waals surface area (Å²) in [4.78, 5) is 0. The van der Waals surface area contributed by atoms with E-state index in [0.29, 0.717) is 24.0 Å². The van der Waals surface area contributed by atoms with Gasteiger partial charge in [0, 0.05) is 32.7 Å². The van der Waals surface area contributed by atoms with Crippen LogP contribution in [0.5, 0.6) is 0 Å². The molecule has 1 aliphatic rings. The fourth-order valence-electron chi connectivity index (χ4n) is 2.10. The Kier molecular flexibility index (Phi) is 7.11. The minimum Gasteiger partial charge on any atom is -0.407 e. The Bertz CT molecular complexity index is 144. The zero-order valence-electron chi connectivity index (χ0n) is 10.2. The number of hydrogen-bond acceptors (Lipinski definition) is 1. The molecule has 0 spiro atoms. The molecule has 1 radical (unpaired) electrons. The molecular weight excluding hydrogens is 249 g/mol. The largest absolute Gasteiger partial charge is 0.407 e. The first-order chi connectivity index (χ1) is 6.06. The van der Waals surface area contributed by atoms with Crippen LogP contribution in [0.4, 0.5) is 0 Å². The quantitative estimate of drug-likeness (QED) is 0.665. The summed E-state index contributed by atoms with van der Waals surface area (Å²) in [5.74, 6) is 2.10. The molecule has 1 rings (SSSR count). The molecule has 0 saturated carbocycles. The van der Waals surface area contributed by atoms with Gasteiger partial charge in [-0.1, -0.05) is 46.1 Å². The molecule has 1 fully saturated rings. The second-order valence-electron chi connectivity index (χ2n) is 4.56. The molecule has 0 amide bonds. The van der Waals surface area contributed by atoms with E-state index in [0.717, 1.165) is 12.3 Å². The second kappa shape index (κ2) is 6.60. The van der Waals surface area contributed by atoms with Gasteiger partial charge in [-0.25, -0.2) is 0 Å². The van der Waals surface area contributed by atoms with E-state index in [1.807, 2.05) is 0 Å². The summed E-state index contributed by atoms with van der Waals surface area (Å²) < 4.78 is 5.96. The van der Waals surface area contributed by atoms with Crippen molar-refractivity contribution in [2.45, 2.75) is 53.2 Å². The minimum absolute atomic E-state index is 0. The number of rotatable bonds is 1. The van der Waals surface area contributed by atoms with Crippen LogP contribution >= 0.6 is 0 Å². The summed E-state index contributed by atoms with van der Waals surface area (Å²) in [6.45, 7) is 11.4. The molecule has 1 heterocycles. The summed E-state index contributed by atoms with van der Waals surface area (Å²) in [5.41, 5.74) is 0. The van der Waals surface area contributed by atoms with Crippen LogP contribution in [0, 0.1) is 24.2 Å². The smallest absolute Gasteiger partial charge is 0.0542 e. The number of hydrogen-bond donors (Lipinski definition) is 0. The van der Waals surface area contributed by atoms with Crippen molar-refractivity contribution in [3.8, 4) is 0 Å². The maximum absolute atomic E-state index is 5.96. The topological polar surface area (TPSA) is 9.23 Å². The molecule has 1 nitrogen and oxygen atoms in total. The van der Waals surface area contributed by atoms with E-state index in [4.69, 9.17) is 4.74 Å². The first-order valence-electron chi connectivity index (χ1n) is 5.56. The van der Waals surface area contributed by atoms with Crippen LogP contribution in [0.2, 0.25) is 0 Å². The Labute approximate surface area is 114 Å². The van der Waals surface area contributed by atoms with E-state index in [9.17, 15) is 0 Å². The molecule has 0 bridgehead atoms. The van der Waals surface area contributed by atoms with Gasteiger partial charge < -0.3 is 4.74 Å². The van der Waals surface area contributed by atoms with Crippen LogP contribution in [-0.2, 0) is 37.4 Å². The van der Waals surface area contributed by atoms with E-state index in [2.05, 4.69) is 41.0 Å². The van der Waals surface area contributed by atoms with Crippen molar-refractivity contribution >= 4 is 0 Å². The molecule has 2 heteroatoms. The van der Waals surface area contributed by atoms with Crippen LogP contribution in [0.25, 0.3) is 0 Å². The summed E-state index contributed by atoms with van der Waals surface area (Å²) in [6, 6.07) is 0. The molecule has 0 aromatic carbocycles. The average molecular weight is 272 g/mol. The van der Waals surface area contributed by atoms with Crippen molar-refractivity contribution < 1.29 is 37.4 Å². The number of ether oxygens (including phenoxy) is 1. The maximum Gasteiger partial charge on any atom is 0.0542 e. The normalized spacial score (nSPS) is 43.9. The van der Waals surface area contributed by atoms with Crippen LogP contribution in [0.15, 0.2) is 0 Å². The minimum atomic E-state index is 0. The molecular formula is C12H23OY-. The van der Waals surface area contributed by atoms with E-state index in [1.54, 1.807) is 0 Å². The molecule has 0 N–H and O–H groups in total. The van der Waals surface area contributed by atoms with Crippen LogP contribution in [-0.4, -0.2) is 12.2 Å². The maximum atomic E-state index is 5.96. The zero-order chi connectivity index (χ0) is 10.0. The van der Waals surface area contributed by atoms with Crippen LogP contribution in [0.1, 0.15) is 41.0 Å². The van der Waals surface area contributed by atoms with Gasteiger partial charge in [0.25, 0.3) is 0 Å². The molecule has 1 saturated heterocycles. The first kappa shape index (κ1) is 15.1. The molecule has 0 aromatic rings. The van der Waals surface area contributed by atoms with E-state index in [-0.39, 0.29) is 32.7 Å². The first-order valence-corrected chi connectivity index (χ1v) is 5.56. The Morgan fingerprint density at radius 3 is 2.14 bits per heavy atom. The van der Waals surface area contributed by atoms with Gasteiger partial charge in [-0.05, 0) is 12.8 Å². The van der Waals surface area contributed by atoms with Gasteiger partial charge in [0.15, 0.2) is 0 Å². The van der Waals surface area contributed by atoms with Crippen molar-refractivity contribution in [1.29, 1.82) is 0 Å². The molecule has 81 valence electrons. The Morgan fingerprint density at radius 2 is 1.64 bits per heavy atom. The molecule has 0 aromatic heterocycles.